The number of primary amides is 1. The molecule has 0 saturated heterocycles. The lowest BCUT2D eigenvalue weighted by Gasteiger charge is -2.29. The summed E-state index contributed by atoms with van der Waals surface area (Å²) < 4.78 is 17.4. The topological polar surface area (TPSA) is 221 Å². The summed E-state index contributed by atoms with van der Waals surface area (Å²) in [6.07, 6.45) is 2.17. The molecule has 52 heavy (non-hydrogen) atoms. The lowest BCUT2D eigenvalue weighted by molar-refractivity contribution is -0.127. The van der Waals surface area contributed by atoms with Gasteiger partial charge in [-0.3, -0.25) is 33.4 Å². The Hall–Kier alpha value is -5.14. The summed E-state index contributed by atoms with van der Waals surface area (Å²) in [6.45, 7) is 2.50. The van der Waals surface area contributed by atoms with Crippen LogP contribution in [0, 0.1) is 0 Å². The van der Waals surface area contributed by atoms with Crippen LogP contribution in [0.2, 0.25) is 0 Å². The highest BCUT2D eigenvalue weighted by atomic mass is 31.2. The van der Waals surface area contributed by atoms with Gasteiger partial charge in [-0.05, 0) is 72.2 Å². The second-order valence-corrected chi connectivity index (χ2v) is 14.6. The summed E-state index contributed by atoms with van der Waals surface area (Å²) in [6, 6.07) is 16.6. The van der Waals surface area contributed by atoms with Gasteiger partial charge in [-0.15, -0.1) is 0 Å². The van der Waals surface area contributed by atoms with Gasteiger partial charge in [0.05, 0.1) is 24.9 Å². The number of anilines is 1. The average Bonchev–Trinajstić information content (AvgIpc) is 3.70. The van der Waals surface area contributed by atoms with Gasteiger partial charge in [-0.2, -0.15) is 0 Å². The molecule has 3 aromatic carbocycles. The Labute approximate surface area is 299 Å². The largest absolute Gasteiger partial charge is 0.396 e. The average molecular weight is 730 g/mol. The first-order valence-electron chi connectivity index (χ1n) is 17.0. The predicted molar refractivity (Wildman–Crippen MR) is 192 cm³/mol. The molecule has 0 saturated carbocycles. The van der Waals surface area contributed by atoms with Gasteiger partial charge >= 0.3 is 7.60 Å². The van der Waals surface area contributed by atoms with Crippen molar-refractivity contribution in [1.82, 2.24) is 15.6 Å². The van der Waals surface area contributed by atoms with E-state index in [1.165, 1.54) is 34.7 Å². The molecule has 15 heteroatoms. The Bertz CT molecular complexity index is 2090. The van der Waals surface area contributed by atoms with Crippen molar-refractivity contribution in [3.05, 3.63) is 100 Å². The Morgan fingerprint density at radius 1 is 1.04 bits per heavy atom. The van der Waals surface area contributed by atoms with E-state index in [-0.39, 0.29) is 43.5 Å². The second-order valence-electron chi connectivity index (χ2n) is 13.1. The third-order valence-corrected chi connectivity index (χ3v) is 10.3. The molecule has 7 N–H and O–H groups in total. The fraction of sp³-hybridized carbons (Fsp3) is 0.324. The third-order valence-electron chi connectivity index (χ3n) is 9.50. The van der Waals surface area contributed by atoms with Crippen LogP contribution in [0.4, 0.5) is 5.69 Å². The number of nitrogens with one attached hydrogen (secondary N) is 3. The SMILES string of the molecule is CCc1ccc(COC[C@H](CCC(N)=O)NC(=O)[C@@H]2Cc3cccc4c3N2C(=O)[C@@H](NC(=O)c2cc3cc(C(=O)P(=O)(O)O)ccc3[nH]2)CC4)cc1. The van der Waals surface area contributed by atoms with Crippen molar-refractivity contribution in [2.24, 2.45) is 5.73 Å². The van der Waals surface area contributed by atoms with Crippen LogP contribution in [-0.2, 0) is 49.6 Å². The first kappa shape index (κ1) is 36.6. The quantitative estimate of drug-likeness (QED) is 0.105. The number of carbonyl (C=O) groups is 5. The van der Waals surface area contributed by atoms with Gasteiger partial charge in [0, 0.05) is 29.3 Å². The number of fused-ring (bicyclic) bond motifs is 1. The number of hydrogen-bond donors (Lipinski definition) is 6. The Kier molecular flexibility index (Phi) is 10.7. The zero-order chi connectivity index (χ0) is 37.2. The molecule has 2 aliphatic rings. The molecule has 0 bridgehead atoms. The van der Waals surface area contributed by atoms with E-state index >= 15 is 0 Å². The lowest BCUT2D eigenvalue weighted by Crippen LogP contribution is -2.56. The third kappa shape index (κ3) is 8.00. The van der Waals surface area contributed by atoms with Gasteiger partial charge in [-0.1, -0.05) is 49.4 Å². The van der Waals surface area contributed by atoms with Crippen molar-refractivity contribution >= 4 is 53.3 Å². The van der Waals surface area contributed by atoms with E-state index in [0.717, 1.165) is 23.1 Å². The van der Waals surface area contributed by atoms with Crippen molar-refractivity contribution in [3.8, 4) is 0 Å². The number of aromatic nitrogens is 1. The van der Waals surface area contributed by atoms with E-state index in [1.807, 2.05) is 42.5 Å². The predicted octanol–water partition coefficient (Wildman–Crippen LogP) is 3.02. The van der Waals surface area contributed by atoms with Crippen LogP contribution in [0.25, 0.3) is 10.9 Å². The number of para-hydroxylation sites is 1. The number of aryl methyl sites for hydroxylation is 2. The van der Waals surface area contributed by atoms with Gasteiger partial charge in [-0.25, -0.2) is 0 Å². The van der Waals surface area contributed by atoms with Crippen LogP contribution in [0.15, 0.2) is 66.7 Å². The molecule has 1 aromatic heterocycles. The van der Waals surface area contributed by atoms with Gasteiger partial charge in [0.15, 0.2) is 0 Å². The molecule has 3 atom stereocenters. The molecule has 0 unspecified atom stereocenters. The number of rotatable bonds is 14. The van der Waals surface area contributed by atoms with Crippen molar-refractivity contribution < 1.29 is 43.1 Å². The van der Waals surface area contributed by atoms with Gasteiger partial charge in [0.25, 0.3) is 11.4 Å². The van der Waals surface area contributed by atoms with Crippen LogP contribution in [0.5, 0.6) is 0 Å². The highest BCUT2D eigenvalue weighted by Gasteiger charge is 2.44. The number of amides is 4. The monoisotopic (exact) mass is 729 g/mol. The van der Waals surface area contributed by atoms with Crippen LogP contribution in [-0.4, -0.2) is 68.7 Å². The van der Waals surface area contributed by atoms with Gasteiger partial charge < -0.3 is 35.9 Å². The maximum atomic E-state index is 14.2. The summed E-state index contributed by atoms with van der Waals surface area (Å²) >= 11 is 0. The van der Waals surface area contributed by atoms with E-state index in [9.17, 15) is 38.3 Å². The molecule has 6 rings (SSSR count). The van der Waals surface area contributed by atoms with Crippen molar-refractivity contribution in [1.29, 1.82) is 0 Å². The molecule has 0 spiro atoms. The lowest BCUT2D eigenvalue weighted by atomic mass is 10.0. The Morgan fingerprint density at radius 3 is 2.48 bits per heavy atom. The molecule has 4 aromatic rings. The number of nitrogens with zero attached hydrogens (tertiary/aromatic N) is 1. The van der Waals surface area contributed by atoms with Crippen molar-refractivity contribution in [2.75, 3.05) is 11.5 Å². The number of aromatic amines is 1. The highest BCUT2D eigenvalue weighted by Crippen LogP contribution is 2.40. The Morgan fingerprint density at radius 2 is 1.77 bits per heavy atom. The minimum atomic E-state index is -5.01. The molecule has 0 fully saturated rings. The molecule has 2 aliphatic heterocycles. The molecule has 272 valence electrons. The van der Waals surface area contributed by atoms with Crippen LogP contribution >= 0.6 is 7.60 Å². The van der Waals surface area contributed by atoms with E-state index < -0.39 is 54.9 Å². The summed E-state index contributed by atoms with van der Waals surface area (Å²) in [5, 5.41) is 6.16. The summed E-state index contributed by atoms with van der Waals surface area (Å²) in [5.41, 5.74) is 8.92. The molecule has 3 heterocycles. The first-order chi connectivity index (χ1) is 24.8. The molecule has 0 aliphatic carbocycles. The Balaban J connectivity index is 1.17. The molecule has 4 amide bonds. The number of carbonyl (C=O) groups excluding carboxylic acids is 5. The normalized spacial score (nSPS) is 17.4. The zero-order valence-corrected chi connectivity index (χ0v) is 29.4. The summed E-state index contributed by atoms with van der Waals surface area (Å²) in [4.78, 5) is 88.4. The summed E-state index contributed by atoms with van der Waals surface area (Å²) in [5.74, 6) is -2.01. The molecular weight excluding hydrogens is 689 g/mol. The second kappa shape index (κ2) is 15.2. The molecule has 0 radical (unpaired) electrons. The van der Waals surface area contributed by atoms with Crippen molar-refractivity contribution in [2.45, 2.75) is 70.2 Å². The van der Waals surface area contributed by atoms with Crippen LogP contribution < -0.4 is 21.3 Å². The minimum Gasteiger partial charge on any atom is -0.375 e. The van der Waals surface area contributed by atoms with Crippen LogP contribution in [0.3, 0.4) is 0 Å². The number of nitrogens with two attached hydrogens (primary N) is 1. The minimum absolute atomic E-state index is 0.0281. The number of H-pyrrole nitrogens is 1. The molecular formula is C37H40N5O9P. The van der Waals surface area contributed by atoms with Gasteiger partial charge in [0.2, 0.25) is 17.7 Å². The van der Waals surface area contributed by atoms with E-state index in [1.54, 1.807) is 0 Å². The summed E-state index contributed by atoms with van der Waals surface area (Å²) in [7, 11) is -5.01. The smallest absolute Gasteiger partial charge is 0.375 e. The first-order valence-corrected chi connectivity index (χ1v) is 18.7. The fourth-order valence-electron chi connectivity index (χ4n) is 6.77. The number of ether oxygens (including phenoxy) is 1. The van der Waals surface area contributed by atoms with E-state index in [4.69, 9.17) is 10.5 Å². The number of benzene rings is 3. The maximum absolute atomic E-state index is 14.2. The zero-order valence-electron chi connectivity index (χ0n) is 28.5. The standard InChI is InChI=1S/C37H40N5O9P/c1-2-21-6-8-22(9-7-21)19-51-20-27(12-15-32(38)43)39-35(45)31-18-24-5-3-4-23-10-14-29(36(46)42(31)33(23)24)41-34(44)30-17-26-16-25(11-13-28(26)40-30)37(47)52(48,49)50/h3-9,11,13,16-17,27,29,31,40H,2,10,12,14-15,18-20H2,1H3,(H2,38,43)(H,39,45)(H,41,44)(H2,48,49,50)/t27-,29-,31-/m0/s1. The maximum Gasteiger partial charge on any atom is 0.396 e. The van der Waals surface area contributed by atoms with E-state index in [2.05, 4.69) is 22.5 Å². The highest BCUT2D eigenvalue weighted by molar-refractivity contribution is 7.70. The van der Waals surface area contributed by atoms with Crippen LogP contribution in [0.1, 0.15) is 69.3 Å². The molecule has 14 nitrogen and oxygen atoms in total. The van der Waals surface area contributed by atoms with E-state index in [0.29, 0.717) is 29.6 Å². The van der Waals surface area contributed by atoms with Gasteiger partial charge in [0.1, 0.15) is 17.8 Å². The fourth-order valence-corrected chi connectivity index (χ4v) is 7.24. The number of hydrogen-bond acceptors (Lipinski definition) is 7. The van der Waals surface area contributed by atoms with Crippen molar-refractivity contribution in [3.63, 3.8) is 0 Å².